The first-order valence-electron chi connectivity index (χ1n) is 4.10. The first kappa shape index (κ1) is 9.51. The lowest BCUT2D eigenvalue weighted by Crippen LogP contribution is -2.25. The van der Waals surface area contributed by atoms with Crippen molar-refractivity contribution in [2.24, 2.45) is 11.1 Å². The number of rotatable bonds is 1. The summed E-state index contributed by atoms with van der Waals surface area (Å²) in [6, 6.07) is 3.92. The fraction of sp³-hybridized carbons (Fsp3) is 0.400. The van der Waals surface area contributed by atoms with Crippen molar-refractivity contribution in [1.82, 2.24) is 0 Å². The highest BCUT2D eigenvalue weighted by Gasteiger charge is 2.30. The molecule has 13 heavy (non-hydrogen) atoms. The number of nitrogens with zero attached hydrogens (tertiary/aromatic N) is 2. The van der Waals surface area contributed by atoms with Crippen LogP contribution in [-0.2, 0) is 0 Å². The molecule has 1 rings (SSSR count). The van der Waals surface area contributed by atoms with Crippen LogP contribution in [0.3, 0.4) is 0 Å². The molecule has 0 aromatic carbocycles. The summed E-state index contributed by atoms with van der Waals surface area (Å²) in [5.41, 5.74) is 5.62. The van der Waals surface area contributed by atoms with E-state index in [-0.39, 0.29) is 6.04 Å². The zero-order chi connectivity index (χ0) is 9.90. The normalized spacial score (nSPS) is 21.1. The summed E-state index contributed by atoms with van der Waals surface area (Å²) >= 11 is 0. The zero-order valence-corrected chi connectivity index (χ0v) is 7.49. The Morgan fingerprint density at radius 1 is 1.54 bits per heavy atom. The number of nitrogens with two attached hydrogens (primary N) is 1. The Hall–Kier alpha value is -1.58. The molecular formula is C10H11N3. The van der Waals surface area contributed by atoms with Crippen molar-refractivity contribution in [1.29, 1.82) is 10.5 Å². The second kappa shape index (κ2) is 3.43. The highest BCUT2D eigenvalue weighted by atomic mass is 14.6. The van der Waals surface area contributed by atoms with Gasteiger partial charge in [0.15, 0.2) is 5.41 Å². The van der Waals surface area contributed by atoms with E-state index in [9.17, 15) is 0 Å². The van der Waals surface area contributed by atoms with Crippen molar-refractivity contribution in [2.45, 2.75) is 19.4 Å². The van der Waals surface area contributed by atoms with E-state index in [0.717, 1.165) is 5.57 Å². The molecule has 0 aliphatic heterocycles. The SMILES string of the molecule is CC(N)C1=CC=CC(C#N)(C#N)C1. The zero-order valence-electron chi connectivity index (χ0n) is 7.49. The highest BCUT2D eigenvalue weighted by molar-refractivity contribution is 5.36. The van der Waals surface area contributed by atoms with Gasteiger partial charge < -0.3 is 5.73 Å². The lowest BCUT2D eigenvalue weighted by molar-refractivity contribution is 0.608. The van der Waals surface area contributed by atoms with E-state index in [1.165, 1.54) is 0 Å². The summed E-state index contributed by atoms with van der Waals surface area (Å²) in [4.78, 5) is 0. The van der Waals surface area contributed by atoms with E-state index in [1.54, 1.807) is 12.2 Å². The predicted molar refractivity (Wildman–Crippen MR) is 49.1 cm³/mol. The molecule has 0 aromatic rings. The molecule has 0 saturated heterocycles. The summed E-state index contributed by atoms with van der Waals surface area (Å²) in [7, 11) is 0. The summed E-state index contributed by atoms with van der Waals surface area (Å²) < 4.78 is 0. The van der Waals surface area contributed by atoms with Crippen LogP contribution in [0.25, 0.3) is 0 Å². The first-order valence-corrected chi connectivity index (χ1v) is 4.10. The van der Waals surface area contributed by atoms with E-state index in [2.05, 4.69) is 0 Å². The maximum Gasteiger partial charge on any atom is 0.165 e. The second-order valence-electron chi connectivity index (χ2n) is 3.26. The van der Waals surface area contributed by atoms with Gasteiger partial charge in [0.1, 0.15) is 0 Å². The molecule has 0 amide bonds. The topological polar surface area (TPSA) is 73.6 Å². The van der Waals surface area contributed by atoms with E-state index in [1.807, 2.05) is 25.1 Å². The third-order valence-electron chi connectivity index (χ3n) is 2.16. The van der Waals surface area contributed by atoms with E-state index < -0.39 is 5.41 Å². The molecular weight excluding hydrogens is 162 g/mol. The number of allylic oxidation sites excluding steroid dienone is 3. The van der Waals surface area contributed by atoms with Crippen LogP contribution >= 0.6 is 0 Å². The van der Waals surface area contributed by atoms with Gasteiger partial charge in [-0.1, -0.05) is 17.7 Å². The van der Waals surface area contributed by atoms with Crippen LogP contribution in [-0.4, -0.2) is 6.04 Å². The maximum absolute atomic E-state index is 8.85. The third kappa shape index (κ3) is 1.77. The molecule has 3 nitrogen and oxygen atoms in total. The Morgan fingerprint density at radius 2 is 2.15 bits per heavy atom. The number of nitriles is 2. The summed E-state index contributed by atoms with van der Waals surface area (Å²) in [6.07, 6.45) is 5.65. The molecule has 0 heterocycles. The molecule has 1 aliphatic carbocycles. The summed E-state index contributed by atoms with van der Waals surface area (Å²) in [6.45, 7) is 1.85. The highest BCUT2D eigenvalue weighted by Crippen LogP contribution is 2.31. The van der Waals surface area contributed by atoms with Crippen molar-refractivity contribution in [3.8, 4) is 12.1 Å². The van der Waals surface area contributed by atoms with Crippen molar-refractivity contribution < 1.29 is 0 Å². The van der Waals surface area contributed by atoms with Crippen molar-refractivity contribution in [3.63, 3.8) is 0 Å². The van der Waals surface area contributed by atoms with Crippen molar-refractivity contribution in [2.75, 3.05) is 0 Å². The van der Waals surface area contributed by atoms with Gasteiger partial charge in [0.25, 0.3) is 0 Å². The quantitative estimate of drug-likeness (QED) is 0.648. The average Bonchev–Trinajstić information content (AvgIpc) is 2.18. The largest absolute Gasteiger partial charge is 0.324 e. The molecule has 0 saturated carbocycles. The van der Waals surface area contributed by atoms with Gasteiger partial charge in [0, 0.05) is 12.5 Å². The van der Waals surface area contributed by atoms with Crippen LogP contribution in [0.2, 0.25) is 0 Å². The van der Waals surface area contributed by atoms with E-state index in [0.29, 0.717) is 6.42 Å². The summed E-state index contributed by atoms with van der Waals surface area (Å²) in [5, 5.41) is 17.7. The minimum absolute atomic E-state index is 0.0916. The number of hydrogen-bond donors (Lipinski definition) is 1. The van der Waals surface area contributed by atoms with Crippen molar-refractivity contribution in [3.05, 3.63) is 23.8 Å². The lowest BCUT2D eigenvalue weighted by atomic mass is 9.79. The first-order chi connectivity index (χ1) is 6.13. The summed E-state index contributed by atoms with van der Waals surface area (Å²) in [5.74, 6) is 0. The Labute approximate surface area is 77.8 Å². The van der Waals surface area contributed by atoms with Crippen molar-refractivity contribution >= 4 is 0 Å². The van der Waals surface area contributed by atoms with Gasteiger partial charge in [0.2, 0.25) is 0 Å². The molecule has 1 atom stereocenters. The standard InChI is InChI=1S/C10H11N3/c1-8(13)9-3-2-4-10(5-9,6-11)7-12/h2-4,8H,5,13H2,1H3. The molecule has 3 heteroatoms. The fourth-order valence-corrected chi connectivity index (χ4v) is 1.27. The minimum Gasteiger partial charge on any atom is -0.324 e. The van der Waals surface area contributed by atoms with Crippen LogP contribution < -0.4 is 5.73 Å². The van der Waals surface area contributed by atoms with Crippen LogP contribution in [0.1, 0.15) is 13.3 Å². The monoisotopic (exact) mass is 173 g/mol. The fourth-order valence-electron chi connectivity index (χ4n) is 1.27. The molecule has 2 N–H and O–H groups in total. The van der Waals surface area contributed by atoms with Gasteiger partial charge in [-0.2, -0.15) is 10.5 Å². The molecule has 0 radical (unpaired) electrons. The predicted octanol–water partition coefficient (Wildman–Crippen LogP) is 1.25. The molecule has 0 fully saturated rings. The Bertz CT molecular complexity index is 322. The van der Waals surface area contributed by atoms with Gasteiger partial charge >= 0.3 is 0 Å². The number of hydrogen-bond acceptors (Lipinski definition) is 3. The Kier molecular flexibility index (Phi) is 2.51. The molecule has 0 aromatic heterocycles. The molecule has 0 bridgehead atoms. The molecule has 0 spiro atoms. The second-order valence-corrected chi connectivity index (χ2v) is 3.26. The molecule has 66 valence electrons. The van der Waals surface area contributed by atoms with Gasteiger partial charge in [-0.3, -0.25) is 0 Å². The van der Waals surface area contributed by atoms with Crippen LogP contribution in [0.15, 0.2) is 23.8 Å². The lowest BCUT2D eigenvalue weighted by Gasteiger charge is -2.21. The van der Waals surface area contributed by atoms with Gasteiger partial charge in [-0.05, 0) is 13.0 Å². The maximum atomic E-state index is 8.85. The molecule has 1 aliphatic rings. The minimum atomic E-state index is -1.00. The third-order valence-corrected chi connectivity index (χ3v) is 2.16. The Morgan fingerprint density at radius 3 is 2.62 bits per heavy atom. The van der Waals surface area contributed by atoms with Crippen LogP contribution in [0, 0.1) is 28.1 Å². The van der Waals surface area contributed by atoms with Crippen LogP contribution in [0.5, 0.6) is 0 Å². The van der Waals surface area contributed by atoms with E-state index in [4.69, 9.17) is 16.3 Å². The molecule has 1 unspecified atom stereocenters. The van der Waals surface area contributed by atoms with Gasteiger partial charge in [-0.15, -0.1) is 0 Å². The van der Waals surface area contributed by atoms with Gasteiger partial charge in [0.05, 0.1) is 12.1 Å². The van der Waals surface area contributed by atoms with Crippen LogP contribution in [0.4, 0.5) is 0 Å². The smallest absolute Gasteiger partial charge is 0.165 e. The van der Waals surface area contributed by atoms with Gasteiger partial charge in [-0.25, -0.2) is 0 Å². The van der Waals surface area contributed by atoms with E-state index >= 15 is 0 Å². The average molecular weight is 173 g/mol. The Balaban J connectivity index is 2.95.